The molecule has 1 aliphatic carbocycles. The Bertz CT molecular complexity index is 712. The van der Waals surface area contributed by atoms with E-state index in [4.69, 9.17) is 4.42 Å². The van der Waals surface area contributed by atoms with Gasteiger partial charge >= 0.3 is 0 Å². The molecule has 2 aromatic rings. The molecule has 2 aromatic heterocycles. The van der Waals surface area contributed by atoms with E-state index in [0.717, 1.165) is 12.8 Å². The molecule has 1 saturated carbocycles. The number of carbonyl (C=O) groups excluding carboxylic acids is 2. The zero-order valence-electron chi connectivity index (χ0n) is 13.3. The van der Waals surface area contributed by atoms with Gasteiger partial charge in [-0.05, 0) is 31.1 Å². The van der Waals surface area contributed by atoms with Crippen LogP contribution in [0.3, 0.4) is 0 Å². The summed E-state index contributed by atoms with van der Waals surface area (Å²) in [6.45, 7) is 0.147. The molecule has 7 nitrogen and oxygen atoms in total. The summed E-state index contributed by atoms with van der Waals surface area (Å²) >= 11 is 0. The summed E-state index contributed by atoms with van der Waals surface area (Å²) in [5.41, 5.74) is 0.540. The van der Waals surface area contributed by atoms with E-state index in [2.05, 4.69) is 15.7 Å². The topological polar surface area (TPSA) is 89.2 Å². The van der Waals surface area contributed by atoms with Crippen LogP contribution in [-0.2, 0) is 16.1 Å². The van der Waals surface area contributed by atoms with E-state index in [1.54, 1.807) is 24.4 Å². The van der Waals surface area contributed by atoms with Gasteiger partial charge in [0.1, 0.15) is 12.3 Å². The molecule has 126 valence electrons. The van der Waals surface area contributed by atoms with Crippen molar-refractivity contribution in [1.82, 2.24) is 15.1 Å². The first-order valence-corrected chi connectivity index (χ1v) is 8.03. The molecule has 0 aromatic carbocycles. The molecule has 0 atom stereocenters. The molecule has 2 N–H and O–H groups in total. The Morgan fingerprint density at radius 3 is 2.96 bits per heavy atom. The minimum Gasteiger partial charge on any atom is -0.465 e. The van der Waals surface area contributed by atoms with Crippen LogP contribution >= 0.6 is 0 Å². The Morgan fingerprint density at radius 1 is 1.38 bits per heavy atom. The SMILES string of the molecule is O=C(/C=C\c1ccco1)Nc1cnn(CC(=O)NC2CCCC2)c1. The highest BCUT2D eigenvalue weighted by molar-refractivity contribution is 6.01. The lowest BCUT2D eigenvalue weighted by Gasteiger charge is -2.11. The average molecular weight is 328 g/mol. The number of nitrogens with zero attached hydrogens (tertiary/aromatic N) is 2. The number of furan rings is 1. The summed E-state index contributed by atoms with van der Waals surface area (Å²) in [7, 11) is 0. The Balaban J connectivity index is 1.47. The standard InChI is InChI=1S/C17H20N4O3/c22-16(8-7-15-6-3-9-24-15)20-14-10-18-21(11-14)12-17(23)19-13-4-1-2-5-13/h3,6-11,13H,1-2,4-5,12H2,(H,19,23)(H,20,22)/b8-7-. The van der Waals surface area contributed by atoms with Crippen molar-refractivity contribution < 1.29 is 14.0 Å². The number of carbonyl (C=O) groups is 2. The number of amides is 2. The third-order valence-corrected chi connectivity index (χ3v) is 3.87. The summed E-state index contributed by atoms with van der Waals surface area (Å²) in [5, 5.41) is 9.79. The zero-order valence-corrected chi connectivity index (χ0v) is 13.3. The highest BCUT2D eigenvalue weighted by Gasteiger charge is 2.17. The van der Waals surface area contributed by atoms with E-state index in [0.29, 0.717) is 17.5 Å². The second-order valence-corrected chi connectivity index (χ2v) is 5.81. The fourth-order valence-corrected chi connectivity index (χ4v) is 2.73. The van der Waals surface area contributed by atoms with Crippen molar-refractivity contribution in [2.75, 3.05) is 5.32 Å². The number of hydrogen-bond donors (Lipinski definition) is 2. The quantitative estimate of drug-likeness (QED) is 0.796. The van der Waals surface area contributed by atoms with Crippen LogP contribution in [0.4, 0.5) is 5.69 Å². The molecule has 0 radical (unpaired) electrons. The second-order valence-electron chi connectivity index (χ2n) is 5.81. The molecule has 0 spiro atoms. The summed E-state index contributed by atoms with van der Waals surface area (Å²) in [4.78, 5) is 23.8. The molecule has 0 saturated heterocycles. The highest BCUT2D eigenvalue weighted by Crippen LogP contribution is 2.17. The van der Waals surface area contributed by atoms with Gasteiger partial charge in [0, 0.05) is 18.3 Å². The molecule has 2 amide bonds. The first-order chi connectivity index (χ1) is 11.7. The minimum absolute atomic E-state index is 0.0550. The lowest BCUT2D eigenvalue weighted by molar-refractivity contribution is -0.122. The van der Waals surface area contributed by atoms with Crippen molar-refractivity contribution in [2.45, 2.75) is 38.3 Å². The molecular formula is C17H20N4O3. The Morgan fingerprint density at radius 2 is 2.21 bits per heavy atom. The number of anilines is 1. The van der Waals surface area contributed by atoms with Crippen LogP contribution in [0.1, 0.15) is 31.4 Å². The maximum absolute atomic E-state index is 12.0. The Hall–Kier alpha value is -2.83. The van der Waals surface area contributed by atoms with E-state index in [1.165, 1.54) is 36.1 Å². The second kappa shape index (κ2) is 7.63. The summed E-state index contributed by atoms with van der Waals surface area (Å²) < 4.78 is 6.62. The number of nitrogens with one attached hydrogen (secondary N) is 2. The molecule has 3 rings (SSSR count). The van der Waals surface area contributed by atoms with E-state index in [9.17, 15) is 9.59 Å². The maximum Gasteiger partial charge on any atom is 0.248 e. The molecule has 7 heteroatoms. The van der Waals surface area contributed by atoms with E-state index in [-0.39, 0.29) is 18.4 Å². The van der Waals surface area contributed by atoms with Gasteiger partial charge in [0.05, 0.1) is 18.1 Å². The van der Waals surface area contributed by atoms with Crippen LogP contribution in [0.25, 0.3) is 6.08 Å². The smallest absolute Gasteiger partial charge is 0.248 e. The van der Waals surface area contributed by atoms with Gasteiger partial charge in [-0.1, -0.05) is 12.8 Å². The first-order valence-electron chi connectivity index (χ1n) is 8.03. The molecule has 0 unspecified atom stereocenters. The van der Waals surface area contributed by atoms with Crippen LogP contribution in [0.15, 0.2) is 41.3 Å². The Labute approximate surface area is 139 Å². The molecule has 1 fully saturated rings. The monoisotopic (exact) mass is 328 g/mol. The van der Waals surface area contributed by atoms with Crippen molar-refractivity contribution in [2.24, 2.45) is 0 Å². The fraction of sp³-hybridized carbons (Fsp3) is 0.353. The summed E-state index contributed by atoms with van der Waals surface area (Å²) in [5.74, 6) is 0.256. The number of aromatic nitrogens is 2. The number of rotatable bonds is 6. The molecule has 24 heavy (non-hydrogen) atoms. The van der Waals surface area contributed by atoms with Gasteiger partial charge in [-0.2, -0.15) is 5.10 Å². The third kappa shape index (κ3) is 4.58. The van der Waals surface area contributed by atoms with Gasteiger partial charge in [0.15, 0.2) is 0 Å². The fourth-order valence-electron chi connectivity index (χ4n) is 2.73. The Kier molecular flexibility index (Phi) is 5.10. The predicted octanol–water partition coefficient (Wildman–Crippen LogP) is 2.19. The maximum atomic E-state index is 12.0. The van der Waals surface area contributed by atoms with Crippen molar-refractivity contribution >= 4 is 23.6 Å². The van der Waals surface area contributed by atoms with Crippen LogP contribution in [-0.4, -0.2) is 27.6 Å². The van der Waals surface area contributed by atoms with Crippen molar-refractivity contribution in [3.05, 3.63) is 42.6 Å². The van der Waals surface area contributed by atoms with E-state index >= 15 is 0 Å². The van der Waals surface area contributed by atoms with Gasteiger partial charge in [0.25, 0.3) is 0 Å². The molecule has 0 bridgehead atoms. The minimum atomic E-state index is -0.290. The molecule has 1 aliphatic rings. The lowest BCUT2D eigenvalue weighted by atomic mass is 10.2. The van der Waals surface area contributed by atoms with Gasteiger partial charge < -0.3 is 15.1 Å². The van der Waals surface area contributed by atoms with Crippen LogP contribution in [0.2, 0.25) is 0 Å². The number of hydrogen-bond acceptors (Lipinski definition) is 4. The van der Waals surface area contributed by atoms with Crippen LogP contribution in [0, 0.1) is 0 Å². The summed E-state index contributed by atoms with van der Waals surface area (Å²) in [6, 6.07) is 3.79. The third-order valence-electron chi connectivity index (χ3n) is 3.87. The average Bonchev–Trinajstić information content (AvgIpc) is 3.28. The van der Waals surface area contributed by atoms with Crippen molar-refractivity contribution in [3.63, 3.8) is 0 Å². The zero-order chi connectivity index (χ0) is 16.8. The normalized spacial score (nSPS) is 15.0. The van der Waals surface area contributed by atoms with Crippen LogP contribution < -0.4 is 10.6 Å². The van der Waals surface area contributed by atoms with E-state index in [1.807, 2.05) is 0 Å². The largest absolute Gasteiger partial charge is 0.465 e. The summed E-state index contributed by atoms with van der Waals surface area (Å²) in [6.07, 6.45) is 12.1. The van der Waals surface area contributed by atoms with Gasteiger partial charge in [0.2, 0.25) is 11.8 Å². The van der Waals surface area contributed by atoms with E-state index < -0.39 is 0 Å². The van der Waals surface area contributed by atoms with Crippen LogP contribution in [0.5, 0.6) is 0 Å². The lowest BCUT2D eigenvalue weighted by Crippen LogP contribution is -2.35. The van der Waals surface area contributed by atoms with Gasteiger partial charge in [-0.15, -0.1) is 0 Å². The molecular weight excluding hydrogens is 308 g/mol. The van der Waals surface area contributed by atoms with Gasteiger partial charge in [-0.25, -0.2) is 0 Å². The van der Waals surface area contributed by atoms with Crippen molar-refractivity contribution in [3.8, 4) is 0 Å². The predicted molar refractivity (Wildman–Crippen MR) is 89.0 cm³/mol. The van der Waals surface area contributed by atoms with Crippen molar-refractivity contribution in [1.29, 1.82) is 0 Å². The molecule has 0 aliphatic heterocycles. The highest BCUT2D eigenvalue weighted by atomic mass is 16.3. The first kappa shape index (κ1) is 16.0. The van der Waals surface area contributed by atoms with Gasteiger partial charge in [-0.3, -0.25) is 14.3 Å². The molecule has 2 heterocycles.